The molecule has 0 spiro atoms. The van der Waals surface area contributed by atoms with E-state index in [2.05, 4.69) is 74.5 Å². The first-order valence-electron chi connectivity index (χ1n) is 5.89. The van der Waals surface area contributed by atoms with Gasteiger partial charge in [-0.1, -0.05) is 79.3 Å². The van der Waals surface area contributed by atoms with Crippen LogP contribution in [-0.4, -0.2) is 14.1 Å². The molecule has 0 radical (unpaired) electrons. The normalized spacial score (nSPS) is 10.4. The van der Waals surface area contributed by atoms with E-state index < -0.39 is 14.1 Å². The third kappa shape index (κ3) is 2.56. The minimum atomic E-state index is -1.02. The van der Waals surface area contributed by atoms with Crippen molar-refractivity contribution >= 4 is 23.0 Å². The molecule has 0 N–H and O–H groups in total. The highest BCUT2D eigenvalue weighted by molar-refractivity contribution is 6.86. The number of hydrogen-bond acceptors (Lipinski definition) is 0. The third-order valence-corrected chi connectivity index (χ3v) is 6.52. The molecule has 0 saturated heterocycles. The van der Waals surface area contributed by atoms with E-state index in [1.165, 1.54) is 0 Å². The van der Waals surface area contributed by atoms with E-state index in [1.54, 1.807) is 8.85 Å². The standard InChI is InChI=1S/2C6H5.C3H7.Al/c2*1-2-4-6-5-3-1;1-3-2;/h2*1-5H;3H,1-2H3;. The molecule has 0 aliphatic rings. The smallest absolute Gasteiger partial charge is 0.104 e. The summed E-state index contributed by atoms with van der Waals surface area (Å²) >= 11 is -1.02. The first kappa shape index (κ1) is 11.5. The lowest BCUT2D eigenvalue weighted by Crippen LogP contribution is -2.44. The molecule has 0 bridgehead atoms. The Hall–Kier alpha value is -1.03. The van der Waals surface area contributed by atoms with Crippen LogP contribution < -0.4 is 8.85 Å². The van der Waals surface area contributed by atoms with Crippen LogP contribution in [0.3, 0.4) is 0 Å². The van der Waals surface area contributed by atoms with Gasteiger partial charge in [0, 0.05) is 0 Å². The van der Waals surface area contributed by atoms with Gasteiger partial charge in [-0.05, 0) is 0 Å². The fourth-order valence-corrected chi connectivity index (χ4v) is 5.48. The summed E-state index contributed by atoms with van der Waals surface area (Å²) in [6.45, 7) is 4.69. The maximum atomic E-state index is 2.34. The molecule has 2 aromatic rings. The van der Waals surface area contributed by atoms with Gasteiger partial charge in [-0.25, -0.2) is 0 Å². The molecule has 16 heavy (non-hydrogen) atoms. The predicted octanol–water partition coefficient (Wildman–Crippen LogP) is 2.71. The summed E-state index contributed by atoms with van der Waals surface area (Å²) in [6.07, 6.45) is 0. The van der Waals surface area contributed by atoms with E-state index >= 15 is 0 Å². The fourth-order valence-electron chi connectivity index (χ4n) is 2.28. The number of benzene rings is 2. The molecule has 0 saturated carbocycles. The number of rotatable bonds is 3. The first-order valence-corrected chi connectivity index (χ1v) is 7.71. The Morgan fingerprint density at radius 3 is 1.38 bits per heavy atom. The average molecular weight is 224 g/mol. The zero-order valence-corrected chi connectivity index (χ0v) is 11.1. The van der Waals surface area contributed by atoms with E-state index in [0.717, 1.165) is 4.78 Å². The summed E-state index contributed by atoms with van der Waals surface area (Å²) in [6, 6.07) is 21.9. The molecule has 0 heterocycles. The van der Waals surface area contributed by atoms with Crippen molar-refractivity contribution < 1.29 is 0 Å². The van der Waals surface area contributed by atoms with Gasteiger partial charge in [0.25, 0.3) is 0 Å². The molecule has 0 nitrogen and oxygen atoms in total. The lowest BCUT2D eigenvalue weighted by Gasteiger charge is -2.16. The van der Waals surface area contributed by atoms with Crippen LogP contribution in [-0.2, 0) is 0 Å². The van der Waals surface area contributed by atoms with Crippen molar-refractivity contribution in [1.82, 2.24) is 0 Å². The van der Waals surface area contributed by atoms with Crippen LogP contribution in [0, 0.1) is 0 Å². The van der Waals surface area contributed by atoms with Crippen molar-refractivity contribution in [3.8, 4) is 0 Å². The third-order valence-electron chi connectivity index (χ3n) is 2.98. The van der Waals surface area contributed by atoms with Gasteiger partial charge in [-0.2, -0.15) is 0 Å². The number of hydrogen-bond donors (Lipinski definition) is 0. The maximum Gasteiger partial charge on any atom is 0.348 e. The zero-order valence-electron chi connectivity index (χ0n) is 9.93. The van der Waals surface area contributed by atoms with Crippen LogP contribution in [0.15, 0.2) is 60.7 Å². The van der Waals surface area contributed by atoms with Crippen molar-refractivity contribution in [2.75, 3.05) is 0 Å². The molecule has 1 heteroatoms. The zero-order chi connectivity index (χ0) is 11.4. The monoisotopic (exact) mass is 224 g/mol. The molecule has 2 aromatic carbocycles. The van der Waals surface area contributed by atoms with Gasteiger partial charge < -0.3 is 0 Å². The van der Waals surface area contributed by atoms with Crippen molar-refractivity contribution in [3.63, 3.8) is 0 Å². The Labute approximate surface area is 102 Å². The van der Waals surface area contributed by atoms with Gasteiger partial charge >= 0.3 is 14.1 Å². The highest BCUT2D eigenvalue weighted by atomic mass is 27.2. The Bertz CT molecular complexity index is 380. The van der Waals surface area contributed by atoms with Crippen LogP contribution in [0.5, 0.6) is 0 Å². The Morgan fingerprint density at radius 2 is 1.06 bits per heavy atom. The lowest BCUT2D eigenvalue weighted by atomic mass is 10.4. The van der Waals surface area contributed by atoms with Crippen LogP contribution in [0.1, 0.15) is 13.8 Å². The fraction of sp³-hybridized carbons (Fsp3) is 0.200. The van der Waals surface area contributed by atoms with Gasteiger partial charge in [-0.15, -0.1) is 8.85 Å². The van der Waals surface area contributed by atoms with Gasteiger partial charge in [0.2, 0.25) is 0 Å². The average Bonchev–Trinajstić information content (AvgIpc) is 2.31. The van der Waals surface area contributed by atoms with Crippen LogP contribution in [0.2, 0.25) is 4.78 Å². The lowest BCUT2D eigenvalue weighted by molar-refractivity contribution is 1.05. The van der Waals surface area contributed by atoms with E-state index in [4.69, 9.17) is 0 Å². The van der Waals surface area contributed by atoms with Crippen molar-refractivity contribution in [3.05, 3.63) is 60.7 Å². The van der Waals surface area contributed by atoms with Gasteiger partial charge in [0.1, 0.15) is 0 Å². The van der Waals surface area contributed by atoms with Crippen molar-refractivity contribution in [2.45, 2.75) is 18.6 Å². The molecule has 2 rings (SSSR count). The molecule has 0 aliphatic heterocycles. The van der Waals surface area contributed by atoms with Crippen LogP contribution in [0.25, 0.3) is 0 Å². The molecule has 0 aromatic heterocycles. The second-order valence-electron chi connectivity index (χ2n) is 4.54. The van der Waals surface area contributed by atoms with Crippen molar-refractivity contribution in [2.24, 2.45) is 0 Å². The SMILES string of the molecule is C[CH](C)[Al]([c]1ccccc1)[c]1ccccc1. The van der Waals surface area contributed by atoms with Crippen LogP contribution in [0.4, 0.5) is 0 Å². The molecular weight excluding hydrogens is 207 g/mol. The minimum Gasteiger partial charge on any atom is -0.104 e. The molecule has 80 valence electrons. The Balaban J connectivity index is 2.40. The quantitative estimate of drug-likeness (QED) is 0.703. The summed E-state index contributed by atoms with van der Waals surface area (Å²) in [5, 5.41) is 0. The highest BCUT2D eigenvalue weighted by Gasteiger charge is 2.25. The Kier molecular flexibility index (Phi) is 3.83. The summed E-state index contributed by atoms with van der Waals surface area (Å²) in [4.78, 5) is 0. The summed E-state index contributed by atoms with van der Waals surface area (Å²) in [5.41, 5.74) is 0. The topological polar surface area (TPSA) is 0 Å². The summed E-state index contributed by atoms with van der Waals surface area (Å²) < 4.78 is 3.84. The van der Waals surface area contributed by atoms with Gasteiger partial charge in [-0.3, -0.25) is 0 Å². The maximum absolute atomic E-state index is 2.34. The first-order chi connectivity index (χ1) is 7.79. The molecule has 0 amide bonds. The van der Waals surface area contributed by atoms with E-state index in [-0.39, 0.29) is 0 Å². The van der Waals surface area contributed by atoms with E-state index in [0.29, 0.717) is 0 Å². The van der Waals surface area contributed by atoms with E-state index in [1.807, 2.05) is 0 Å². The molecule has 0 aliphatic carbocycles. The van der Waals surface area contributed by atoms with Gasteiger partial charge in [0.05, 0.1) is 0 Å². The largest absolute Gasteiger partial charge is 0.348 e. The minimum absolute atomic E-state index is 0.754. The second-order valence-corrected chi connectivity index (χ2v) is 8.17. The van der Waals surface area contributed by atoms with E-state index in [9.17, 15) is 0 Å². The Morgan fingerprint density at radius 1 is 0.688 bits per heavy atom. The molecular formula is C15H17Al. The predicted molar refractivity (Wildman–Crippen MR) is 73.0 cm³/mol. The summed E-state index contributed by atoms with van der Waals surface area (Å²) in [7, 11) is 0. The molecule has 0 fully saturated rings. The summed E-state index contributed by atoms with van der Waals surface area (Å²) in [5.74, 6) is 0. The molecule has 0 unspecified atom stereocenters. The van der Waals surface area contributed by atoms with Crippen LogP contribution >= 0.6 is 0 Å². The molecule has 0 atom stereocenters. The highest BCUT2D eigenvalue weighted by Crippen LogP contribution is 2.08. The van der Waals surface area contributed by atoms with Gasteiger partial charge in [0.15, 0.2) is 0 Å². The second kappa shape index (κ2) is 5.35. The van der Waals surface area contributed by atoms with Crippen molar-refractivity contribution in [1.29, 1.82) is 0 Å².